The quantitative estimate of drug-likeness (QED) is 0.580. The van der Waals surface area contributed by atoms with E-state index < -0.39 is 6.09 Å². The van der Waals surface area contributed by atoms with E-state index in [0.717, 1.165) is 4.90 Å². The lowest BCUT2D eigenvalue weighted by Gasteiger charge is -2.10. The van der Waals surface area contributed by atoms with Gasteiger partial charge in [-0.1, -0.05) is 0 Å². The van der Waals surface area contributed by atoms with Gasteiger partial charge in [-0.2, -0.15) is 0 Å². The highest BCUT2D eigenvalue weighted by molar-refractivity contribution is 6.18. The zero-order chi connectivity index (χ0) is 9.26. The minimum absolute atomic E-state index is 0.263. The summed E-state index contributed by atoms with van der Waals surface area (Å²) in [5.74, 6) is 0.633. The molecular formula is C7H6N4O2. The van der Waals surface area contributed by atoms with Crippen LogP contribution in [0.2, 0.25) is 0 Å². The van der Waals surface area contributed by atoms with Crippen LogP contribution in [0.5, 0.6) is 0 Å². The molecule has 0 spiro atoms. The molecule has 2 aliphatic heterocycles. The van der Waals surface area contributed by atoms with Crippen LogP contribution in [-0.4, -0.2) is 41.3 Å². The molecule has 0 aromatic carbocycles. The summed E-state index contributed by atoms with van der Waals surface area (Å²) in [4.78, 5) is 23.4. The number of aliphatic imine (C=N–C) groups is 3. The molecule has 0 aromatic rings. The molecule has 0 radical (unpaired) electrons. The molecule has 1 N–H and O–H groups in total. The van der Waals surface area contributed by atoms with Crippen LogP contribution in [-0.2, 0) is 0 Å². The van der Waals surface area contributed by atoms with Gasteiger partial charge in [0.25, 0.3) is 0 Å². The number of amides is 1. The van der Waals surface area contributed by atoms with Gasteiger partial charge in [-0.15, -0.1) is 0 Å². The third kappa shape index (κ3) is 1.22. The second-order valence-electron chi connectivity index (χ2n) is 2.41. The maximum atomic E-state index is 10.7. The minimum atomic E-state index is -1.04. The molecule has 2 aliphatic rings. The number of rotatable bonds is 0. The monoisotopic (exact) mass is 178 g/mol. The summed E-state index contributed by atoms with van der Waals surface area (Å²) in [5.41, 5.74) is 0. The molecule has 0 saturated heterocycles. The second kappa shape index (κ2) is 2.81. The molecule has 66 valence electrons. The predicted molar refractivity (Wildman–Crippen MR) is 47.2 cm³/mol. The Morgan fingerprint density at radius 3 is 2.69 bits per heavy atom. The van der Waals surface area contributed by atoms with E-state index in [1.807, 2.05) is 0 Å². The van der Waals surface area contributed by atoms with E-state index in [0.29, 0.717) is 5.82 Å². The Morgan fingerprint density at radius 1 is 1.38 bits per heavy atom. The number of carboxylic acid groups (broad SMARTS) is 1. The Hall–Kier alpha value is -1.98. The molecule has 0 atom stereocenters. The summed E-state index contributed by atoms with van der Waals surface area (Å²) in [5, 5.41) is 8.75. The fourth-order valence-electron chi connectivity index (χ4n) is 1.07. The average molecular weight is 178 g/mol. The van der Waals surface area contributed by atoms with Crippen molar-refractivity contribution in [3.63, 3.8) is 0 Å². The van der Waals surface area contributed by atoms with Gasteiger partial charge in [0, 0.05) is 18.6 Å². The Labute approximate surface area is 73.6 Å². The Bertz CT molecular complexity index is 353. The van der Waals surface area contributed by atoms with Gasteiger partial charge < -0.3 is 5.11 Å². The molecule has 0 aliphatic carbocycles. The molecule has 13 heavy (non-hydrogen) atoms. The van der Waals surface area contributed by atoms with E-state index >= 15 is 0 Å². The van der Waals surface area contributed by atoms with Crippen molar-refractivity contribution in [2.24, 2.45) is 15.0 Å². The summed E-state index contributed by atoms with van der Waals surface area (Å²) < 4.78 is 0. The largest absolute Gasteiger partial charge is 0.465 e. The molecular weight excluding hydrogens is 172 g/mol. The van der Waals surface area contributed by atoms with Crippen molar-refractivity contribution in [1.29, 1.82) is 0 Å². The molecule has 2 heterocycles. The van der Waals surface area contributed by atoms with Crippen molar-refractivity contribution in [3.8, 4) is 0 Å². The van der Waals surface area contributed by atoms with Crippen LogP contribution < -0.4 is 0 Å². The van der Waals surface area contributed by atoms with Gasteiger partial charge in [0.05, 0.1) is 6.54 Å². The van der Waals surface area contributed by atoms with E-state index in [-0.39, 0.29) is 12.4 Å². The standard InChI is InChI=1S/C7H6N4O2/c12-7(13)11-4-3-10-6(11)5-8-1-2-9-5/h1-3H,4H2,(H,12,13). The first-order valence-corrected chi connectivity index (χ1v) is 3.63. The summed E-state index contributed by atoms with van der Waals surface area (Å²) in [6.07, 6.45) is 3.46. The first-order valence-electron chi connectivity index (χ1n) is 3.63. The highest BCUT2D eigenvalue weighted by Crippen LogP contribution is 2.18. The highest BCUT2D eigenvalue weighted by Gasteiger charge is 2.23. The van der Waals surface area contributed by atoms with Crippen molar-refractivity contribution in [3.05, 3.63) is 11.6 Å². The minimum Gasteiger partial charge on any atom is -0.465 e. The molecule has 0 fully saturated rings. The van der Waals surface area contributed by atoms with E-state index in [9.17, 15) is 4.79 Å². The zero-order valence-corrected chi connectivity index (χ0v) is 6.58. The van der Waals surface area contributed by atoms with Gasteiger partial charge in [-0.05, 0) is 0 Å². The van der Waals surface area contributed by atoms with Crippen LogP contribution in [0.15, 0.2) is 26.6 Å². The second-order valence-corrected chi connectivity index (χ2v) is 2.41. The summed E-state index contributed by atoms with van der Waals surface area (Å²) in [6, 6.07) is 0. The molecule has 6 nitrogen and oxygen atoms in total. The van der Waals surface area contributed by atoms with E-state index in [1.54, 1.807) is 0 Å². The van der Waals surface area contributed by atoms with Crippen molar-refractivity contribution in [1.82, 2.24) is 4.90 Å². The smallest absolute Gasteiger partial charge is 0.413 e. The van der Waals surface area contributed by atoms with Crippen LogP contribution in [0, 0.1) is 0 Å². The maximum Gasteiger partial charge on any atom is 0.413 e. The van der Waals surface area contributed by atoms with Gasteiger partial charge >= 0.3 is 6.09 Å². The number of hydrogen-bond donors (Lipinski definition) is 1. The molecule has 0 bridgehead atoms. The summed E-state index contributed by atoms with van der Waals surface area (Å²) >= 11 is 0. The normalized spacial score (nSPS) is 19.2. The van der Waals surface area contributed by atoms with Crippen LogP contribution in [0.3, 0.4) is 0 Å². The van der Waals surface area contributed by atoms with Crippen LogP contribution in [0.25, 0.3) is 0 Å². The van der Waals surface area contributed by atoms with Crippen molar-refractivity contribution in [2.45, 2.75) is 0 Å². The Balaban J connectivity index is 2.37. The fraction of sp³-hybridized carbons (Fsp3) is 0.143. The molecule has 2 rings (SSSR count). The average Bonchev–Trinajstić information content (AvgIpc) is 2.74. The third-order valence-electron chi connectivity index (χ3n) is 1.62. The van der Waals surface area contributed by atoms with Gasteiger partial charge in [0.2, 0.25) is 0 Å². The number of hydrogen-bond acceptors (Lipinski definition) is 4. The predicted octanol–water partition coefficient (Wildman–Crippen LogP) is 0.333. The van der Waals surface area contributed by atoms with Gasteiger partial charge in [-0.3, -0.25) is 4.90 Å². The van der Waals surface area contributed by atoms with Crippen LogP contribution in [0.4, 0.5) is 4.79 Å². The zero-order valence-electron chi connectivity index (χ0n) is 6.58. The van der Waals surface area contributed by atoms with E-state index in [1.165, 1.54) is 18.6 Å². The van der Waals surface area contributed by atoms with Gasteiger partial charge in [0.1, 0.15) is 0 Å². The van der Waals surface area contributed by atoms with Crippen LogP contribution in [0.1, 0.15) is 0 Å². The SMILES string of the molecule is O=C(O)N1CC=NC1=C1N=CC=N1. The van der Waals surface area contributed by atoms with E-state index in [4.69, 9.17) is 5.11 Å². The summed E-state index contributed by atoms with van der Waals surface area (Å²) in [6.45, 7) is 0.263. The topological polar surface area (TPSA) is 77.6 Å². The summed E-state index contributed by atoms with van der Waals surface area (Å²) in [7, 11) is 0. The molecule has 0 unspecified atom stereocenters. The van der Waals surface area contributed by atoms with Gasteiger partial charge in [0.15, 0.2) is 11.6 Å². The third-order valence-corrected chi connectivity index (χ3v) is 1.62. The molecule has 0 aromatic heterocycles. The van der Waals surface area contributed by atoms with Crippen molar-refractivity contribution >= 4 is 24.7 Å². The number of carbonyl (C=O) groups is 1. The van der Waals surface area contributed by atoms with Crippen molar-refractivity contribution in [2.75, 3.05) is 6.54 Å². The molecule has 6 heteroatoms. The first-order chi connectivity index (χ1) is 6.29. The molecule has 1 amide bonds. The van der Waals surface area contributed by atoms with Gasteiger partial charge in [-0.25, -0.2) is 19.8 Å². The molecule has 0 saturated carbocycles. The lowest BCUT2D eigenvalue weighted by molar-refractivity contribution is 0.165. The fourth-order valence-corrected chi connectivity index (χ4v) is 1.07. The van der Waals surface area contributed by atoms with Crippen LogP contribution >= 0.6 is 0 Å². The Kier molecular flexibility index (Phi) is 1.66. The lowest BCUT2D eigenvalue weighted by atomic mass is 10.6. The lowest BCUT2D eigenvalue weighted by Crippen LogP contribution is -2.26. The van der Waals surface area contributed by atoms with E-state index in [2.05, 4.69) is 15.0 Å². The first kappa shape index (κ1) is 7.66. The van der Waals surface area contributed by atoms with Crippen molar-refractivity contribution < 1.29 is 9.90 Å². The number of nitrogens with zero attached hydrogens (tertiary/aromatic N) is 4. The Morgan fingerprint density at radius 2 is 2.08 bits per heavy atom. The maximum absolute atomic E-state index is 10.7. The highest BCUT2D eigenvalue weighted by atomic mass is 16.4.